The molecule has 0 saturated heterocycles. The summed E-state index contributed by atoms with van der Waals surface area (Å²) in [4.78, 5) is 23.0. The predicted molar refractivity (Wildman–Crippen MR) is 88.7 cm³/mol. The maximum atomic E-state index is 12.6. The van der Waals surface area contributed by atoms with E-state index in [-0.39, 0.29) is 18.3 Å². The molecule has 0 unspecified atom stereocenters. The van der Waals surface area contributed by atoms with Gasteiger partial charge in [-0.25, -0.2) is 4.98 Å². The van der Waals surface area contributed by atoms with Crippen LogP contribution >= 0.6 is 11.3 Å². The number of alkyl halides is 2. The third-order valence-electron chi connectivity index (χ3n) is 4.00. The number of nitrogens with zero attached hydrogens (tertiary/aromatic N) is 5. The molecule has 0 N–H and O–H groups in total. The van der Waals surface area contributed by atoms with Crippen molar-refractivity contribution < 1.29 is 18.0 Å². The number of aromatic nitrogens is 4. The van der Waals surface area contributed by atoms with Crippen LogP contribution in [0.15, 0.2) is 29.1 Å². The molecule has 0 aliphatic carbocycles. The Morgan fingerprint density at radius 1 is 1.27 bits per heavy atom. The van der Waals surface area contributed by atoms with E-state index in [9.17, 15) is 13.6 Å². The third kappa shape index (κ3) is 3.19. The Kier molecular flexibility index (Phi) is 4.41. The van der Waals surface area contributed by atoms with E-state index in [2.05, 4.69) is 20.2 Å². The van der Waals surface area contributed by atoms with Crippen molar-refractivity contribution in [3.05, 3.63) is 41.1 Å². The van der Waals surface area contributed by atoms with Gasteiger partial charge in [-0.2, -0.15) is 8.78 Å². The van der Waals surface area contributed by atoms with Gasteiger partial charge in [0, 0.05) is 12.6 Å². The van der Waals surface area contributed by atoms with Crippen LogP contribution in [0.3, 0.4) is 0 Å². The van der Waals surface area contributed by atoms with Crippen LogP contribution in [0.2, 0.25) is 0 Å². The maximum Gasteiger partial charge on any atom is 0.314 e. The summed E-state index contributed by atoms with van der Waals surface area (Å²) in [5, 5.41) is 7.57. The maximum absolute atomic E-state index is 12.6. The molecule has 1 amide bonds. The molecule has 7 nitrogen and oxygen atoms in total. The monoisotopic (exact) mass is 377 g/mol. The zero-order chi connectivity index (χ0) is 18.1. The van der Waals surface area contributed by atoms with E-state index in [1.54, 1.807) is 17.3 Å². The highest BCUT2D eigenvalue weighted by molar-refractivity contribution is 7.15. The molecule has 4 rings (SSSR count). The average molecular weight is 377 g/mol. The molecule has 10 heteroatoms. The molecular weight excluding hydrogens is 364 g/mol. The SMILES string of the molecule is O=C1CCCc2ccncc2N1Cc1ncc(-c2nnc(C(F)F)o2)s1. The van der Waals surface area contributed by atoms with Gasteiger partial charge < -0.3 is 9.32 Å². The van der Waals surface area contributed by atoms with Crippen LogP contribution in [-0.4, -0.2) is 26.1 Å². The number of carbonyl (C=O) groups excluding carboxylic acids is 1. The van der Waals surface area contributed by atoms with E-state index in [0.29, 0.717) is 16.3 Å². The van der Waals surface area contributed by atoms with Gasteiger partial charge in [0.2, 0.25) is 5.91 Å². The first-order valence-corrected chi connectivity index (χ1v) is 8.73. The third-order valence-corrected chi connectivity index (χ3v) is 4.97. The molecule has 0 spiro atoms. The van der Waals surface area contributed by atoms with E-state index in [1.165, 1.54) is 17.5 Å². The number of amides is 1. The lowest BCUT2D eigenvalue weighted by Crippen LogP contribution is -2.29. The first kappa shape index (κ1) is 16.7. The molecule has 4 heterocycles. The molecule has 0 radical (unpaired) electrons. The Balaban J connectivity index is 1.59. The van der Waals surface area contributed by atoms with Gasteiger partial charge >= 0.3 is 6.43 Å². The first-order chi connectivity index (χ1) is 12.6. The summed E-state index contributed by atoms with van der Waals surface area (Å²) in [7, 11) is 0. The van der Waals surface area contributed by atoms with Gasteiger partial charge in [0.25, 0.3) is 11.8 Å². The smallest absolute Gasteiger partial charge is 0.314 e. The van der Waals surface area contributed by atoms with Gasteiger partial charge in [0.1, 0.15) is 9.88 Å². The van der Waals surface area contributed by atoms with E-state index in [1.807, 2.05) is 6.07 Å². The molecule has 134 valence electrons. The van der Waals surface area contributed by atoms with E-state index < -0.39 is 12.3 Å². The zero-order valence-electron chi connectivity index (χ0n) is 13.4. The van der Waals surface area contributed by atoms with Crippen LogP contribution in [0.25, 0.3) is 10.8 Å². The summed E-state index contributed by atoms with van der Waals surface area (Å²) in [6, 6.07) is 1.92. The second-order valence-corrected chi connectivity index (χ2v) is 6.82. The van der Waals surface area contributed by atoms with E-state index >= 15 is 0 Å². The fourth-order valence-corrected chi connectivity index (χ4v) is 3.61. The highest BCUT2D eigenvalue weighted by Gasteiger charge is 2.24. The fourth-order valence-electron chi connectivity index (χ4n) is 2.78. The van der Waals surface area contributed by atoms with Gasteiger partial charge in [-0.3, -0.25) is 9.78 Å². The minimum absolute atomic E-state index is 0.00581. The summed E-state index contributed by atoms with van der Waals surface area (Å²) in [6.07, 6.45) is 4.12. The fraction of sp³-hybridized carbons (Fsp3) is 0.312. The van der Waals surface area contributed by atoms with Crippen LogP contribution in [0.1, 0.15) is 35.7 Å². The molecule has 1 aliphatic rings. The molecule has 0 fully saturated rings. The van der Waals surface area contributed by atoms with Crippen molar-refractivity contribution in [1.82, 2.24) is 20.2 Å². The largest absolute Gasteiger partial charge is 0.414 e. The molecule has 3 aromatic heterocycles. The number of aryl methyl sites for hydroxylation is 1. The van der Waals surface area contributed by atoms with Crippen molar-refractivity contribution in [1.29, 1.82) is 0 Å². The van der Waals surface area contributed by atoms with Crippen LogP contribution in [0.4, 0.5) is 14.5 Å². The Bertz CT molecular complexity index is 942. The number of anilines is 1. The highest BCUT2D eigenvalue weighted by Crippen LogP contribution is 2.31. The lowest BCUT2D eigenvalue weighted by molar-refractivity contribution is -0.118. The van der Waals surface area contributed by atoms with Crippen molar-refractivity contribution in [3.63, 3.8) is 0 Å². The second-order valence-electron chi connectivity index (χ2n) is 5.70. The lowest BCUT2D eigenvalue weighted by atomic mass is 10.1. The standard InChI is InChI=1S/C16H13F2N5O2S/c17-14(18)16-22-21-15(25-16)11-7-20-12(26-11)8-23-10-6-19-5-4-9(10)2-1-3-13(23)24/h4-7,14H,1-3,8H2. The molecule has 0 bridgehead atoms. The molecule has 3 aromatic rings. The van der Waals surface area contributed by atoms with Crippen LogP contribution in [0, 0.1) is 0 Å². The predicted octanol–water partition coefficient (Wildman–Crippen LogP) is 3.40. The number of carbonyl (C=O) groups is 1. The number of pyridine rings is 1. The van der Waals surface area contributed by atoms with Crippen LogP contribution in [0.5, 0.6) is 0 Å². The number of rotatable bonds is 4. The van der Waals surface area contributed by atoms with E-state index in [0.717, 1.165) is 24.1 Å². The quantitative estimate of drug-likeness (QED) is 0.693. The molecular formula is C16H13F2N5O2S. The molecule has 0 saturated carbocycles. The van der Waals surface area contributed by atoms with Gasteiger partial charge in [0.05, 0.1) is 24.6 Å². The molecule has 26 heavy (non-hydrogen) atoms. The highest BCUT2D eigenvalue weighted by atomic mass is 32.1. The van der Waals surface area contributed by atoms with Crippen molar-refractivity contribution in [2.24, 2.45) is 0 Å². The number of thiazole rings is 1. The van der Waals surface area contributed by atoms with Gasteiger partial charge in [-0.15, -0.1) is 21.5 Å². The minimum atomic E-state index is -2.82. The van der Waals surface area contributed by atoms with Crippen molar-refractivity contribution >= 4 is 22.9 Å². The Morgan fingerprint density at radius 2 is 2.15 bits per heavy atom. The van der Waals surface area contributed by atoms with Crippen LogP contribution < -0.4 is 4.90 Å². The van der Waals surface area contributed by atoms with E-state index in [4.69, 9.17) is 4.42 Å². The number of fused-ring (bicyclic) bond motifs is 1. The topological polar surface area (TPSA) is 85.0 Å². The van der Waals surface area contributed by atoms with Crippen LogP contribution in [-0.2, 0) is 17.8 Å². The molecule has 1 aliphatic heterocycles. The Labute approximate surface area is 150 Å². The van der Waals surface area contributed by atoms with Crippen molar-refractivity contribution in [2.75, 3.05) is 4.90 Å². The normalized spacial score (nSPS) is 14.6. The van der Waals surface area contributed by atoms with Gasteiger partial charge in [0.15, 0.2) is 0 Å². The number of hydrogen-bond acceptors (Lipinski definition) is 7. The number of hydrogen-bond donors (Lipinski definition) is 0. The molecule has 0 aromatic carbocycles. The summed E-state index contributed by atoms with van der Waals surface area (Å²) >= 11 is 1.22. The second kappa shape index (κ2) is 6.87. The average Bonchev–Trinajstić information content (AvgIpc) is 3.26. The zero-order valence-corrected chi connectivity index (χ0v) is 14.2. The summed E-state index contributed by atoms with van der Waals surface area (Å²) in [5.41, 5.74) is 1.85. The van der Waals surface area contributed by atoms with Gasteiger partial charge in [-0.05, 0) is 24.5 Å². The minimum Gasteiger partial charge on any atom is -0.414 e. The molecule has 0 atom stereocenters. The Morgan fingerprint density at radius 3 is 2.96 bits per heavy atom. The number of halogens is 2. The Hall–Kier alpha value is -2.75. The first-order valence-electron chi connectivity index (χ1n) is 7.91. The summed E-state index contributed by atoms with van der Waals surface area (Å²) in [6.45, 7) is 0.276. The lowest BCUT2D eigenvalue weighted by Gasteiger charge is -2.21. The van der Waals surface area contributed by atoms with Gasteiger partial charge in [-0.1, -0.05) is 0 Å². The summed E-state index contributed by atoms with van der Waals surface area (Å²) in [5.74, 6) is -0.725. The van der Waals surface area contributed by atoms with Crippen molar-refractivity contribution in [2.45, 2.75) is 32.2 Å². The van der Waals surface area contributed by atoms with Crippen molar-refractivity contribution in [3.8, 4) is 10.8 Å². The summed E-state index contributed by atoms with van der Waals surface area (Å²) < 4.78 is 30.1.